The van der Waals surface area contributed by atoms with Gasteiger partial charge in [-0.05, 0) is 92.5 Å². The Bertz CT molecular complexity index is 2470. The number of benzene rings is 6. The van der Waals surface area contributed by atoms with Crippen LogP contribution in [0.25, 0.3) is 82.3 Å². The Balaban J connectivity index is 1.20. The number of allylic oxidation sites excluding steroid dienone is 2. The van der Waals surface area contributed by atoms with E-state index in [1.165, 1.54) is 60.0 Å². The highest BCUT2D eigenvalue weighted by Gasteiger charge is 2.16. The smallest absolute Gasteiger partial charge is 0.0619 e. The maximum atomic E-state index is 4.65. The Morgan fingerprint density at radius 1 is 0.533 bits per heavy atom. The summed E-state index contributed by atoms with van der Waals surface area (Å²) in [7, 11) is 0. The quantitative estimate of drug-likeness (QED) is 0.206. The van der Waals surface area contributed by atoms with Crippen LogP contribution in [0.5, 0.6) is 0 Å². The summed E-state index contributed by atoms with van der Waals surface area (Å²) >= 11 is 0. The number of pyridine rings is 1. The molecule has 0 fully saturated rings. The largest absolute Gasteiger partial charge is 0.681 e. The van der Waals surface area contributed by atoms with Gasteiger partial charge < -0.3 is 9.88 Å². The molecule has 2 aromatic heterocycles. The highest BCUT2D eigenvalue weighted by molar-refractivity contribution is 6.19. The number of aromatic nitrogens is 2. The Morgan fingerprint density at radius 3 is 1.96 bits per heavy atom. The third kappa shape index (κ3) is 4.32. The second kappa shape index (κ2) is 10.4. The van der Waals surface area contributed by atoms with Crippen LogP contribution in [-0.4, -0.2) is 16.1 Å². The molecule has 0 aliphatic carbocycles. The number of hydrogen-bond donors (Lipinski definition) is 0. The molecule has 0 atom stereocenters. The highest BCUT2D eigenvalue weighted by Crippen LogP contribution is 2.39. The van der Waals surface area contributed by atoms with Gasteiger partial charge in [-0.1, -0.05) is 91.0 Å². The van der Waals surface area contributed by atoms with Crippen molar-refractivity contribution >= 4 is 49.0 Å². The molecule has 6 aromatic carbocycles. The number of nitrogens with zero attached hydrogens (tertiary/aromatic N) is 3. The van der Waals surface area contributed by atoms with Gasteiger partial charge in [0.25, 0.3) is 0 Å². The van der Waals surface area contributed by atoms with E-state index in [-0.39, 0.29) is 0 Å². The van der Waals surface area contributed by atoms with Crippen LogP contribution >= 0.6 is 0 Å². The maximum Gasteiger partial charge on any atom is 0.0619 e. The average Bonchev–Trinajstić information content (AvgIpc) is 3.46. The van der Waals surface area contributed by atoms with E-state index in [0.717, 1.165) is 29.1 Å². The zero-order valence-corrected chi connectivity index (χ0v) is 24.6. The van der Waals surface area contributed by atoms with Gasteiger partial charge in [-0.15, -0.1) is 18.3 Å². The Morgan fingerprint density at radius 2 is 1.18 bits per heavy atom. The summed E-state index contributed by atoms with van der Waals surface area (Å²) < 4.78 is 2.43. The number of para-hydroxylation sites is 1. The Hall–Kier alpha value is -5.93. The minimum atomic E-state index is 0.746. The summed E-state index contributed by atoms with van der Waals surface area (Å²) in [6, 6.07) is 46.5. The Labute approximate surface area is 261 Å². The van der Waals surface area contributed by atoms with Gasteiger partial charge in [0, 0.05) is 34.2 Å². The van der Waals surface area contributed by atoms with Crippen molar-refractivity contribution in [3.8, 4) is 27.9 Å². The maximum absolute atomic E-state index is 4.65. The van der Waals surface area contributed by atoms with Gasteiger partial charge in [-0.3, -0.25) is 4.98 Å². The van der Waals surface area contributed by atoms with Crippen LogP contribution in [0.15, 0.2) is 158 Å². The van der Waals surface area contributed by atoms with Crippen molar-refractivity contribution in [3.05, 3.63) is 169 Å². The molecule has 8 aromatic rings. The summed E-state index contributed by atoms with van der Waals surface area (Å²) in [5, 5.41) is 12.1. The molecule has 0 bridgehead atoms. The molecule has 0 amide bonds. The lowest BCUT2D eigenvalue weighted by molar-refractivity contribution is 1.19. The van der Waals surface area contributed by atoms with Crippen molar-refractivity contribution in [1.29, 1.82) is 0 Å². The molecule has 0 saturated heterocycles. The van der Waals surface area contributed by atoms with Gasteiger partial charge in [0.05, 0.1) is 11.0 Å². The van der Waals surface area contributed by atoms with Gasteiger partial charge in [-0.25, -0.2) is 0 Å². The average molecular weight is 575 g/mol. The van der Waals surface area contributed by atoms with Gasteiger partial charge in [-0.2, -0.15) is 0 Å². The van der Waals surface area contributed by atoms with Crippen molar-refractivity contribution in [1.82, 2.24) is 9.55 Å². The van der Waals surface area contributed by atoms with Crippen LogP contribution in [0, 0.1) is 0 Å². The lowest BCUT2D eigenvalue weighted by Crippen LogP contribution is -1.94. The van der Waals surface area contributed by atoms with Gasteiger partial charge in [0.2, 0.25) is 0 Å². The molecule has 3 heterocycles. The Kier molecular flexibility index (Phi) is 5.88. The van der Waals surface area contributed by atoms with Crippen molar-refractivity contribution < 1.29 is 0 Å². The third-order valence-electron chi connectivity index (χ3n) is 9.00. The standard InChI is InChI=1S/C42H28N3/c1-2-6-36(7-3-1)45-41-27-33(28-19-22-43-23-20-28)14-17-38(41)39-18-15-34-25-32(13-16-37(34)42(39)45)29-9-10-31-26-35(12-11-30(31)24-29)40-8-4-5-21-44-40/h1-20,22-27H,21H2/q-1. The number of fused-ring (bicyclic) bond motifs is 6. The van der Waals surface area contributed by atoms with Crippen molar-refractivity contribution in [3.63, 3.8) is 0 Å². The fraction of sp³-hybridized carbons (Fsp3) is 0.0238. The summed E-state index contributed by atoms with van der Waals surface area (Å²) in [6.45, 7) is 0.746. The SMILES string of the molecule is C1=CC[N-]C(c2ccc3cc(-c4ccc5c(ccc6c7ccc(-c8ccncc8)cc7n(-c7ccccc7)c56)c4)ccc3c2)=C1. The van der Waals surface area contributed by atoms with Gasteiger partial charge >= 0.3 is 0 Å². The minimum Gasteiger partial charge on any atom is -0.681 e. The van der Waals surface area contributed by atoms with Crippen LogP contribution in [0.3, 0.4) is 0 Å². The first-order valence-electron chi connectivity index (χ1n) is 15.4. The van der Waals surface area contributed by atoms with E-state index in [1.54, 1.807) is 0 Å². The predicted octanol–water partition coefficient (Wildman–Crippen LogP) is 11.1. The first kappa shape index (κ1) is 25.6. The topological polar surface area (TPSA) is 31.9 Å². The lowest BCUT2D eigenvalue weighted by atomic mass is 9.96. The molecule has 0 unspecified atom stereocenters. The van der Waals surface area contributed by atoms with E-state index in [1.807, 2.05) is 12.4 Å². The van der Waals surface area contributed by atoms with Crippen LogP contribution in [0.4, 0.5) is 0 Å². The van der Waals surface area contributed by atoms with Crippen LogP contribution in [-0.2, 0) is 0 Å². The van der Waals surface area contributed by atoms with E-state index >= 15 is 0 Å². The first-order chi connectivity index (χ1) is 22.3. The summed E-state index contributed by atoms with van der Waals surface area (Å²) in [5.41, 5.74) is 10.6. The molecule has 9 rings (SSSR count). The molecule has 0 radical (unpaired) electrons. The number of hydrogen-bond acceptors (Lipinski definition) is 1. The summed E-state index contributed by atoms with van der Waals surface area (Å²) in [5.74, 6) is 0. The molecule has 0 spiro atoms. The van der Waals surface area contributed by atoms with Crippen LogP contribution < -0.4 is 0 Å². The highest BCUT2D eigenvalue weighted by atomic mass is 15.0. The molecule has 3 heteroatoms. The molecule has 3 nitrogen and oxygen atoms in total. The normalized spacial score (nSPS) is 13.0. The molecular formula is C42H28N3-. The minimum absolute atomic E-state index is 0.746. The zero-order chi connectivity index (χ0) is 29.7. The summed E-state index contributed by atoms with van der Waals surface area (Å²) in [4.78, 5) is 4.22. The van der Waals surface area contributed by atoms with E-state index < -0.39 is 0 Å². The fourth-order valence-electron chi connectivity index (χ4n) is 6.78. The molecule has 0 N–H and O–H groups in total. The number of rotatable bonds is 4. The van der Waals surface area contributed by atoms with Gasteiger partial charge in [0.1, 0.15) is 0 Å². The molecule has 45 heavy (non-hydrogen) atoms. The monoisotopic (exact) mass is 574 g/mol. The zero-order valence-electron chi connectivity index (χ0n) is 24.6. The van der Waals surface area contributed by atoms with E-state index in [4.69, 9.17) is 0 Å². The van der Waals surface area contributed by atoms with Crippen molar-refractivity contribution in [2.24, 2.45) is 0 Å². The van der Waals surface area contributed by atoms with Crippen LogP contribution in [0.2, 0.25) is 0 Å². The molecule has 1 aliphatic rings. The van der Waals surface area contributed by atoms with Gasteiger partial charge in [0.15, 0.2) is 0 Å². The van der Waals surface area contributed by atoms with Crippen molar-refractivity contribution in [2.75, 3.05) is 6.54 Å². The van der Waals surface area contributed by atoms with E-state index in [0.29, 0.717) is 0 Å². The fourth-order valence-corrected chi connectivity index (χ4v) is 6.78. The third-order valence-corrected chi connectivity index (χ3v) is 9.00. The predicted molar refractivity (Wildman–Crippen MR) is 190 cm³/mol. The molecular weight excluding hydrogens is 546 g/mol. The van der Waals surface area contributed by atoms with E-state index in [9.17, 15) is 0 Å². The molecule has 212 valence electrons. The summed E-state index contributed by atoms with van der Waals surface area (Å²) in [6.07, 6.45) is 9.96. The van der Waals surface area contributed by atoms with E-state index in [2.05, 4.69) is 160 Å². The van der Waals surface area contributed by atoms with Crippen molar-refractivity contribution in [2.45, 2.75) is 0 Å². The second-order valence-corrected chi connectivity index (χ2v) is 11.6. The molecule has 1 aliphatic heterocycles. The molecule has 0 saturated carbocycles. The second-order valence-electron chi connectivity index (χ2n) is 11.6. The van der Waals surface area contributed by atoms with Crippen LogP contribution in [0.1, 0.15) is 5.56 Å². The lowest BCUT2D eigenvalue weighted by Gasteiger charge is -2.26. The first-order valence-corrected chi connectivity index (χ1v) is 15.4.